The lowest BCUT2D eigenvalue weighted by Gasteiger charge is -2.39. The summed E-state index contributed by atoms with van der Waals surface area (Å²) < 4.78 is 5.52. The molecule has 0 saturated carbocycles. The van der Waals surface area contributed by atoms with Gasteiger partial charge in [0.25, 0.3) is 5.91 Å². The van der Waals surface area contributed by atoms with Gasteiger partial charge in [-0.2, -0.15) is 0 Å². The molecule has 2 aliphatic heterocycles. The van der Waals surface area contributed by atoms with Gasteiger partial charge in [-0.3, -0.25) is 4.79 Å². The lowest BCUT2D eigenvalue weighted by Crippen LogP contribution is -2.52. The Bertz CT molecular complexity index is 1280. The second-order valence-corrected chi connectivity index (χ2v) is 8.41. The quantitative estimate of drug-likeness (QED) is 0.506. The second kappa shape index (κ2) is 7.45. The summed E-state index contributed by atoms with van der Waals surface area (Å²) in [4.78, 5) is 15.2. The van der Waals surface area contributed by atoms with Crippen LogP contribution in [-0.4, -0.2) is 29.5 Å². The largest absolute Gasteiger partial charge is 0.507 e. The van der Waals surface area contributed by atoms with Crippen LogP contribution in [0, 0.1) is 0 Å². The summed E-state index contributed by atoms with van der Waals surface area (Å²) in [6, 6.07) is 18.9. The highest BCUT2D eigenvalue weighted by atomic mass is 35.5. The Hall–Kier alpha value is -3.19. The van der Waals surface area contributed by atoms with Crippen molar-refractivity contribution >= 4 is 46.1 Å². The fourth-order valence-corrected chi connectivity index (χ4v) is 4.96. The normalized spacial score (nSPS) is 21.8. The van der Waals surface area contributed by atoms with E-state index >= 15 is 0 Å². The summed E-state index contributed by atoms with van der Waals surface area (Å²) in [5.41, 5.74) is 0.641. The van der Waals surface area contributed by atoms with Crippen LogP contribution in [0.1, 0.15) is 11.1 Å². The Labute approximate surface area is 194 Å². The molecule has 0 radical (unpaired) electrons. The minimum absolute atomic E-state index is 0.270. The van der Waals surface area contributed by atoms with Gasteiger partial charge in [-0.15, -0.1) is 0 Å². The summed E-state index contributed by atoms with van der Waals surface area (Å²) in [7, 11) is 1.48. The number of hydrogen-bond acceptors (Lipinski definition) is 5. The molecular formula is C24H18Cl2N2O4. The first-order valence-corrected chi connectivity index (χ1v) is 10.6. The van der Waals surface area contributed by atoms with E-state index in [-0.39, 0.29) is 11.3 Å². The van der Waals surface area contributed by atoms with Crippen molar-refractivity contribution in [3.8, 4) is 5.75 Å². The van der Waals surface area contributed by atoms with Gasteiger partial charge in [-0.05, 0) is 35.9 Å². The average Bonchev–Trinajstić information content (AvgIpc) is 3.19. The summed E-state index contributed by atoms with van der Waals surface area (Å²) in [5, 5.41) is 26.2. The van der Waals surface area contributed by atoms with Crippen LogP contribution < -0.4 is 15.0 Å². The smallest absolute Gasteiger partial charge is 0.260 e. The zero-order valence-electron chi connectivity index (χ0n) is 16.8. The Morgan fingerprint density at radius 3 is 2.44 bits per heavy atom. The first kappa shape index (κ1) is 20.7. The number of methoxy groups -OCH3 is 1. The van der Waals surface area contributed by atoms with Gasteiger partial charge in [-0.1, -0.05) is 59.6 Å². The number of halogens is 2. The molecule has 0 saturated heterocycles. The highest BCUT2D eigenvalue weighted by Gasteiger charge is 2.62. The van der Waals surface area contributed by atoms with E-state index in [4.69, 9.17) is 27.9 Å². The maximum Gasteiger partial charge on any atom is 0.260 e. The SMILES string of the molecule is COc1ccc(Cl)cc1N1C(O)C(O)=C(c2ccccc2)C12C(=O)Nc1cc(Cl)ccc12. The lowest BCUT2D eigenvalue weighted by atomic mass is 9.80. The van der Waals surface area contributed by atoms with Crippen LogP contribution in [0.3, 0.4) is 0 Å². The van der Waals surface area contributed by atoms with E-state index in [0.29, 0.717) is 38.3 Å². The third-order valence-electron chi connectivity index (χ3n) is 5.88. The molecule has 0 aromatic heterocycles. The first-order valence-electron chi connectivity index (χ1n) is 9.81. The standard InChI is InChI=1S/C24H18Cl2N2O4/c1-32-19-10-8-15(26)12-18(19)28-22(30)21(29)20(13-5-3-2-4-6-13)24(28)16-9-7-14(25)11-17(16)27-23(24)31/h2-12,22,29-30H,1H3,(H,27,31). The van der Waals surface area contributed by atoms with Crippen LogP contribution in [0.4, 0.5) is 11.4 Å². The average molecular weight is 469 g/mol. The molecule has 8 heteroatoms. The number of nitrogens with one attached hydrogen (secondary N) is 1. The van der Waals surface area contributed by atoms with Crippen LogP contribution in [0.5, 0.6) is 5.75 Å². The van der Waals surface area contributed by atoms with Crippen LogP contribution in [0.15, 0.2) is 72.5 Å². The number of carbonyl (C=O) groups excluding carboxylic acids is 1. The fraction of sp³-hybridized carbons (Fsp3) is 0.125. The van der Waals surface area contributed by atoms with Crippen LogP contribution in [0.2, 0.25) is 10.0 Å². The predicted molar refractivity (Wildman–Crippen MR) is 124 cm³/mol. The number of ether oxygens (including phenoxy) is 1. The number of anilines is 2. The van der Waals surface area contributed by atoms with E-state index < -0.39 is 17.7 Å². The number of amides is 1. The summed E-state index contributed by atoms with van der Waals surface area (Å²) in [6.07, 6.45) is -1.54. The zero-order valence-corrected chi connectivity index (χ0v) is 18.4. The van der Waals surface area contributed by atoms with E-state index in [1.54, 1.807) is 60.7 Å². The van der Waals surface area contributed by atoms with E-state index in [9.17, 15) is 15.0 Å². The van der Waals surface area contributed by atoms with Crippen molar-refractivity contribution in [2.45, 2.75) is 11.8 Å². The number of aliphatic hydroxyl groups excluding tert-OH is 2. The molecule has 2 heterocycles. The number of rotatable bonds is 3. The Morgan fingerprint density at radius 1 is 1.03 bits per heavy atom. The molecule has 6 nitrogen and oxygen atoms in total. The third-order valence-corrected chi connectivity index (χ3v) is 6.35. The monoisotopic (exact) mass is 468 g/mol. The lowest BCUT2D eigenvalue weighted by molar-refractivity contribution is -0.119. The first-order chi connectivity index (χ1) is 15.4. The topological polar surface area (TPSA) is 82.0 Å². The number of benzene rings is 3. The minimum Gasteiger partial charge on any atom is -0.507 e. The molecule has 0 aliphatic carbocycles. The van der Waals surface area contributed by atoms with Crippen molar-refractivity contribution in [1.82, 2.24) is 0 Å². The Morgan fingerprint density at radius 2 is 1.72 bits per heavy atom. The predicted octanol–water partition coefficient (Wildman–Crippen LogP) is 4.96. The van der Waals surface area contributed by atoms with Gasteiger partial charge in [0.1, 0.15) is 11.5 Å². The van der Waals surface area contributed by atoms with Crippen molar-refractivity contribution in [2.24, 2.45) is 0 Å². The number of hydrogen-bond donors (Lipinski definition) is 3. The van der Waals surface area contributed by atoms with E-state index in [0.717, 1.165) is 0 Å². The van der Waals surface area contributed by atoms with Crippen molar-refractivity contribution in [1.29, 1.82) is 0 Å². The van der Waals surface area contributed by atoms with Gasteiger partial charge < -0.3 is 25.2 Å². The molecule has 2 aliphatic rings. The number of fused-ring (bicyclic) bond motifs is 2. The maximum absolute atomic E-state index is 13.8. The van der Waals surface area contributed by atoms with Gasteiger partial charge in [0.2, 0.25) is 0 Å². The molecule has 162 valence electrons. The molecule has 0 fully saturated rings. The molecule has 5 rings (SSSR count). The number of carbonyl (C=O) groups is 1. The molecule has 2 atom stereocenters. The molecule has 32 heavy (non-hydrogen) atoms. The Kier molecular flexibility index (Phi) is 4.82. The second-order valence-electron chi connectivity index (χ2n) is 7.54. The summed E-state index contributed by atoms with van der Waals surface area (Å²) in [5.74, 6) is -0.403. The maximum atomic E-state index is 13.8. The number of aliphatic hydroxyl groups is 2. The molecule has 3 aromatic carbocycles. The van der Waals surface area contributed by atoms with E-state index in [1.165, 1.54) is 12.0 Å². The highest BCUT2D eigenvalue weighted by molar-refractivity contribution is 6.32. The minimum atomic E-state index is -1.59. The van der Waals surface area contributed by atoms with E-state index in [2.05, 4.69) is 5.32 Å². The van der Waals surface area contributed by atoms with Gasteiger partial charge in [0.05, 0.1) is 12.8 Å². The van der Waals surface area contributed by atoms with Gasteiger partial charge in [0.15, 0.2) is 11.8 Å². The molecule has 3 N–H and O–H groups in total. The summed E-state index contributed by atoms with van der Waals surface area (Å²) in [6.45, 7) is 0. The van der Waals surface area contributed by atoms with Crippen molar-refractivity contribution in [3.05, 3.63) is 93.7 Å². The summed E-state index contributed by atoms with van der Waals surface area (Å²) >= 11 is 12.5. The fourth-order valence-electron chi connectivity index (χ4n) is 4.62. The van der Waals surface area contributed by atoms with Crippen molar-refractivity contribution in [3.63, 3.8) is 0 Å². The zero-order chi connectivity index (χ0) is 22.6. The molecule has 2 unspecified atom stereocenters. The molecule has 0 bridgehead atoms. The van der Waals surface area contributed by atoms with E-state index in [1.807, 2.05) is 6.07 Å². The van der Waals surface area contributed by atoms with Gasteiger partial charge in [-0.25, -0.2) is 0 Å². The van der Waals surface area contributed by atoms with Gasteiger partial charge >= 0.3 is 0 Å². The molecule has 1 amide bonds. The molecule has 1 spiro atoms. The third kappa shape index (κ3) is 2.73. The van der Waals surface area contributed by atoms with Crippen molar-refractivity contribution in [2.75, 3.05) is 17.3 Å². The molecular weight excluding hydrogens is 451 g/mol. The van der Waals surface area contributed by atoms with Gasteiger partial charge in [0, 0.05) is 26.9 Å². The Balaban J connectivity index is 1.88. The molecule has 3 aromatic rings. The van der Waals surface area contributed by atoms with Crippen molar-refractivity contribution < 1.29 is 19.7 Å². The van der Waals surface area contributed by atoms with Crippen LogP contribution >= 0.6 is 23.2 Å². The highest BCUT2D eigenvalue weighted by Crippen LogP contribution is 2.58. The number of nitrogens with zero attached hydrogens (tertiary/aromatic N) is 1. The van der Waals surface area contributed by atoms with Crippen LogP contribution in [-0.2, 0) is 10.3 Å². The van der Waals surface area contributed by atoms with Crippen LogP contribution in [0.25, 0.3) is 5.57 Å².